The van der Waals surface area contributed by atoms with Gasteiger partial charge in [0.15, 0.2) is 0 Å². The third kappa shape index (κ3) is 3.64. The molecular weight excluding hydrogens is 206 g/mol. The van der Waals surface area contributed by atoms with Gasteiger partial charge in [0.25, 0.3) is 0 Å². The first-order chi connectivity index (χ1) is 7.61. The Hall–Kier alpha value is -0.810. The van der Waals surface area contributed by atoms with Crippen molar-refractivity contribution in [1.29, 1.82) is 0 Å². The van der Waals surface area contributed by atoms with Crippen molar-refractivity contribution in [3.05, 3.63) is 0 Å². The van der Waals surface area contributed by atoms with Crippen molar-refractivity contribution in [2.75, 3.05) is 32.7 Å². The number of carbonyl (C=O) groups is 1. The highest BCUT2D eigenvalue weighted by molar-refractivity contribution is 5.74. The second kappa shape index (κ2) is 6.06. The summed E-state index contributed by atoms with van der Waals surface area (Å²) in [5.41, 5.74) is -0.736. The zero-order chi connectivity index (χ0) is 12.0. The molecule has 0 aromatic rings. The van der Waals surface area contributed by atoms with Crippen LogP contribution in [0, 0.1) is 0 Å². The van der Waals surface area contributed by atoms with Gasteiger partial charge in [-0.1, -0.05) is 13.8 Å². The molecule has 1 heterocycles. The number of urea groups is 1. The van der Waals surface area contributed by atoms with Crippen LogP contribution in [0.2, 0.25) is 0 Å². The molecule has 0 aliphatic carbocycles. The Morgan fingerprint density at radius 2 is 1.94 bits per heavy atom. The molecule has 1 aliphatic heterocycles. The van der Waals surface area contributed by atoms with Gasteiger partial charge in [-0.3, -0.25) is 0 Å². The normalized spacial score (nSPS) is 17.7. The van der Waals surface area contributed by atoms with E-state index < -0.39 is 5.60 Å². The Labute approximate surface area is 97.2 Å². The summed E-state index contributed by atoms with van der Waals surface area (Å²) >= 11 is 0. The van der Waals surface area contributed by atoms with Gasteiger partial charge in [-0.2, -0.15) is 0 Å². The second-order valence-electron chi connectivity index (χ2n) is 4.47. The molecule has 0 radical (unpaired) electrons. The molecule has 3 N–H and O–H groups in total. The summed E-state index contributed by atoms with van der Waals surface area (Å²) in [6.45, 7) is 7.12. The predicted octanol–water partition coefficient (Wildman–Crippen LogP) is 0.152. The Morgan fingerprint density at radius 1 is 1.38 bits per heavy atom. The highest BCUT2D eigenvalue weighted by Crippen LogP contribution is 2.08. The fourth-order valence-electron chi connectivity index (χ4n) is 1.75. The average molecular weight is 229 g/mol. The molecule has 16 heavy (non-hydrogen) atoms. The minimum atomic E-state index is -0.736. The van der Waals surface area contributed by atoms with E-state index in [0.29, 0.717) is 19.6 Å². The first-order valence-electron chi connectivity index (χ1n) is 6.07. The van der Waals surface area contributed by atoms with Crippen molar-refractivity contribution in [1.82, 2.24) is 15.5 Å². The van der Waals surface area contributed by atoms with Gasteiger partial charge in [-0.05, 0) is 12.8 Å². The molecule has 0 aromatic heterocycles. The predicted molar refractivity (Wildman–Crippen MR) is 63.4 cm³/mol. The lowest BCUT2D eigenvalue weighted by Gasteiger charge is -2.38. The largest absolute Gasteiger partial charge is 0.385 e. The number of amides is 2. The zero-order valence-electron chi connectivity index (χ0n) is 10.3. The summed E-state index contributed by atoms with van der Waals surface area (Å²) < 4.78 is 0. The summed E-state index contributed by atoms with van der Waals surface area (Å²) in [6.07, 6.45) is 1.92. The van der Waals surface area contributed by atoms with Crippen LogP contribution in [0.5, 0.6) is 0 Å². The summed E-state index contributed by atoms with van der Waals surface area (Å²) in [5, 5.41) is 15.6. The Kier molecular flexibility index (Phi) is 5.02. The Balaban J connectivity index is 2.30. The third-order valence-corrected chi connectivity index (χ3v) is 2.75. The van der Waals surface area contributed by atoms with E-state index in [-0.39, 0.29) is 6.03 Å². The minimum absolute atomic E-state index is 0.0657. The number of carbonyl (C=O) groups excluding carboxylic acids is 1. The van der Waals surface area contributed by atoms with E-state index in [1.807, 2.05) is 0 Å². The van der Waals surface area contributed by atoms with Gasteiger partial charge in [0.2, 0.25) is 0 Å². The molecule has 0 unspecified atom stereocenters. The van der Waals surface area contributed by atoms with Crippen LogP contribution in [0.3, 0.4) is 0 Å². The molecule has 0 spiro atoms. The molecule has 1 aliphatic rings. The first-order valence-corrected chi connectivity index (χ1v) is 6.07. The molecule has 0 bridgehead atoms. The highest BCUT2D eigenvalue weighted by atomic mass is 16.3. The molecular formula is C11H23N3O2. The topological polar surface area (TPSA) is 64.6 Å². The van der Waals surface area contributed by atoms with Gasteiger partial charge in [-0.15, -0.1) is 0 Å². The van der Waals surface area contributed by atoms with Gasteiger partial charge in [-0.25, -0.2) is 4.79 Å². The lowest BCUT2D eigenvalue weighted by atomic mass is 9.98. The zero-order valence-corrected chi connectivity index (χ0v) is 10.3. The summed E-state index contributed by atoms with van der Waals surface area (Å²) in [5.74, 6) is 0. The van der Waals surface area contributed by atoms with Crippen LogP contribution < -0.4 is 10.6 Å². The number of nitrogens with zero attached hydrogens (tertiary/aromatic N) is 1. The average Bonchev–Trinajstić information content (AvgIpc) is 2.23. The summed E-state index contributed by atoms with van der Waals surface area (Å²) in [4.78, 5) is 13.6. The van der Waals surface area contributed by atoms with Crippen molar-refractivity contribution < 1.29 is 9.90 Å². The summed E-state index contributed by atoms with van der Waals surface area (Å²) in [7, 11) is 0. The maximum atomic E-state index is 11.8. The van der Waals surface area contributed by atoms with Gasteiger partial charge < -0.3 is 20.6 Å². The van der Waals surface area contributed by atoms with Gasteiger partial charge in [0.05, 0.1) is 6.54 Å². The van der Waals surface area contributed by atoms with E-state index in [9.17, 15) is 9.90 Å². The third-order valence-electron chi connectivity index (χ3n) is 2.75. The maximum absolute atomic E-state index is 11.8. The maximum Gasteiger partial charge on any atom is 0.317 e. The van der Waals surface area contributed by atoms with Crippen molar-refractivity contribution in [2.24, 2.45) is 0 Å². The smallest absolute Gasteiger partial charge is 0.317 e. The Bertz CT molecular complexity index is 223. The number of nitrogens with one attached hydrogen (secondary N) is 2. The van der Waals surface area contributed by atoms with Crippen LogP contribution in [0.25, 0.3) is 0 Å². The van der Waals surface area contributed by atoms with E-state index >= 15 is 0 Å². The van der Waals surface area contributed by atoms with Crippen LogP contribution in [-0.4, -0.2) is 54.4 Å². The van der Waals surface area contributed by atoms with Gasteiger partial charge in [0, 0.05) is 26.2 Å². The van der Waals surface area contributed by atoms with E-state index in [1.165, 1.54) is 0 Å². The van der Waals surface area contributed by atoms with Crippen molar-refractivity contribution in [3.63, 3.8) is 0 Å². The summed E-state index contributed by atoms with van der Waals surface area (Å²) in [6, 6.07) is -0.0657. The molecule has 5 heteroatoms. The molecule has 0 saturated carbocycles. The van der Waals surface area contributed by atoms with Crippen molar-refractivity contribution in [2.45, 2.75) is 32.3 Å². The molecule has 94 valence electrons. The molecule has 1 rings (SSSR count). The molecule has 0 aromatic carbocycles. The quantitative estimate of drug-likeness (QED) is 0.607. The van der Waals surface area contributed by atoms with Crippen molar-refractivity contribution in [3.8, 4) is 0 Å². The fourth-order valence-corrected chi connectivity index (χ4v) is 1.75. The van der Waals surface area contributed by atoms with Crippen LogP contribution in [0.15, 0.2) is 0 Å². The molecule has 1 saturated heterocycles. The molecule has 1 fully saturated rings. The molecule has 2 amide bonds. The molecule has 5 nitrogen and oxygen atoms in total. The number of β-amino-alcohol motifs (C(OH)–C–C–N with tert-alkyl or cyclic N) is 1. The molecule has 0 atom stereocenters. The van der Waals surface area contributed by atoms with E-state index in [4.69, 9.17) is 0 Å². The highest BCUT2D eigenvalue weighted by Gasteiger charge is 2.34. The number of aliphatic hydroxyl groups is 1. The first kappa shape index (κ1) is 13.3. The number of hydrogen-bond donors (Lipinski definition) is 3. The lowest BCUT2D eigenvalue weighted by Crippen LogP contribution is -2.65. The monoisotopic (exact) mass is 229 g/mol. The van der Waals surface area contributed by atoms with Crippen LogP contribution in [0.1, 0.15) is 26.7 Å². The number of rotatable bonds is 6. The van der Waals surface area contributed by atoms with Crippen LogP contribution >= 0.6 is 0 Å². The number of hydrogen-bond acceptors (Lipinski definition) is 3. The lowest BCUT2D eigenvalue weighted by molar-refractivity contribution is -0.00696. The van der Waals surface area contributed by atoms with E-state index in [0.717, 1.165) is 25.9 Å². The van der Waals surface area contributed by atoms with Crippen LogP contribution in [0.4, 0.5) is 4.79 Å². The van der Waals surface area contributed by atoms with E-state index in [2.05, 4.69) is 24.5 Å². The van der Waals surface area contributed by atoms with Gasteiger partial charge in [0.1, 0.15) is 5.60 Å². The van der Waals surface area contributed by atoms with E-state index in [1.54, 1.807) is 4.90 Å². The Morgan fingerprint density at radius 3 is 2.31 bits per heavy atom. The van der Waals surface area contributed by atoms with Gasteiger partial charge >= 0.3 is 6.03 Å². The minimum Gasteiger partial charge on any atom is -0.385 e. The fraction of sp³-hybridized carbons (Fsp3) is 0.909. The van der Waals surface area contributed by atoms with Crippen LogP contribution in [-0.2, 0) is 0 Å². The SMILES string of the molecule is CCCN(CCC)C(=O)NCC1(O)CNC1. The standard InChI is InChI=1S/C11H23N3O2/c1-3-5-14(6-4-2)10(15)13-9-11(16)7-12-8-11/h12,16H,3-9H2,1-2H3,(H,13,15). The second-order valence-corrected chi connectivity index (χ2v) is 4.47. The van der Waals surface area contributed by atoms with Crippen molar-refractivity contribution >= 4 is 6.03 Å².